The first kappa shape index (κ1) is 7.54. The third kappa shape index (κ3) is 0.669. The van der Waals surface area contributed by atoms with Crippen LogP contribution in [0.25, 0.3) is 0 Å². The molecule has 0 bridgehead atoms. The topological polar surface area (TPSA) is 57.5 Å². The lowest BCUT2D eigenvalue weighted by molar-refractivity contribution is -0.143. The smallest absolute Gasteiger partial charge is 0.310 e. The third-order valence-electron chi connectivity index (χ3n) is 2.87. The molecule has 3 unspecified atom stereocenters. The Morgan fingerprint density at radius 1 is 1.70 bits per heavy atom. The van der Waals surface area contributed by atoms with Crippen molar-refractivity contribution in [2.45, 2.75) is 13.8 Å². The summed E-state index contributed by atoms with van der Waals surface area (Å²) in [6.07, 6.45) is 0. The number of aliphatic hydroxyl groups is 1. The van der Waals surface area contributed by atoms with Crippen LogP contribution in [0, 0.1) is 17.3 Å². The molecule has 0 aromatic heterocycles. The predicted octanol–water partition coefficient (Wildman–Crippen LogP) is 0.336. The number of aliphatic hydroxyl groups excluding tert-OH is 1. The zero-order valence-electron chi connectivity index (χ0n) is 6.16. The van der Waals surface area contributed by atoms with Crippen molar-refractivity contribution in [1.29, 1.82) is 0 Å². The molecule has 0 amide bonds. The average Bonchev–Trinajstić information content (AvgIpc) is 2.38. The SMILES string of the molecule is CC1C(CO)C1(C)C(=O)O. The van der Waals surface area contributed by atoms with E-state index in [0.29, 0.717) is 0 Å². The maximum absolute atomic E-state index is 10.6. The van der Waals surface area contributed by atoms with Crippen LogP contribution in [0.15, 0.2) is 0 Å². The molecule has 10 heavy (non-hydrogen) atoms. The molecule has 0 aliphatic heterocycles. The Labute approximate surface area is 59.7 Å². The molecule has 58 valence electrons. The molecule has 1 rings (SSSR count). The minimum Gasteiger partial charge on any atom is -0.481 e. The number of hydrogen-bond acceptors (Lipinski definition) is 2. The number of carboxylic acid groups (broad SMARTS) is 1. The summed E-state index contributed by atoms with van der Waals surface area (Å²) in [5, 5.41) is 17.4. The molecule has 1 aliphatic carbocycles. The average molecular weight is 144 g/mol. The van der Waals surface area contributed by atoms with Gasteiger partial charge in [0.15, 0.2) is 0 Å². The fourth-order valence-corrected chi connectivity index (χ4v) is 1.54. The largest absolute Gasteiger partial charge is 0.481 e. The second-order valence-corrected chi connectivity index (χ2v) is 3.17. The first-order valence-electron chi connectivity index (χ1n) is 3.39. The molecule has 0 aromatic rings. The molecule has 0 spiro atoms. The van der Waals surface area contributed by atoms with Gasteiger partial charge in [-0.2, -0.15) is 0 Å². The lowest BCUT2D eigenvalue weighted by Gasteiger charge is -2.01. The van der Waals surface area contributed by atoms with Gasteiger partial charge in [-0.05, 0) is 12.8 Å². The van der Waals surface area contributed by atoms with E-state index in [-0.39, 0.29) is 18.4 Å². The number of carboxylic acids is 1. The number of carbonyl (C=O) groups is 1. The zero-order chi connectivity index (χ0) is 7.94. The molecule has 3 atom stereocenters. The number of hydrogen-bond donors (Lipinski definition) is 2. The van der Waals surface area contributed by atoms with Crippen molar-refractivity contribution in [1.82, 2.24) is 0 Å². The van der Waals surface area contributed by atoms with Gasteiger partial charge in [-0.1, -0.05) is 6.92 Å². The molecule has 0 saturated heterocycles. The van der Waals surface area contributed by atoms with Crippen LogP contribution in [0.2, 0.25) is 0 Å². The van der Waals surface area contributed by atoms with Crippen molar-refractivity contribution in [3.63, 3.8) is 0 Å². The molecular weight excluding hydrogens is 132 g/mol. The number of aliphatic carboxylic acids is 1. The molecular formula is C7H12O3. The summed E-state index contributed by atoms with van der Waals surface area (Å²) in [6.45, 7) is 3.53. The minimum absolute atomic E-state index is 0.00995. The Morgan fingerprint density at radius 3 is 2.30 bits per heavy atom. The highest BCUT2D eigenvalue weighted by Gasteiger charge is 2.63. The van der Waals surface area contributed by atoms with Gasteiger partial charge in [0.2, 0.25) is 0 Å². The standard InChI is InChI=1S/C7H12O3/c1-4-5(3-8)7(4,2)6(9)10/h4-5,8H,3H2,1-2H3,(H,9,10). The predicted molar refractivity (Wildman–Crippen MR) is 35.5 cm³/mol. The van der Waals surface area contributed by atoms with E-state index in [2.05, 4.69) is 0 Å². The zero-order valence-corrected chi connectivity index (χ0v) is 6.16. The Bertz CT molecular complexity index is 166. The summed E-state index contributed by atoms with van der Waals surface area (Å²) < 4.78 is 0. The molecule has 2 N–H and O–H groups in total. The summed E-state index contributed by atoms with van der Waals surface area (Å²) >= 11 is 0. The molecule has 0 aromatic carbocycles. The fourth-order valence-electron chi connectivity index (χ4n) is 1.54. The van der Waals surface area contributed by atoms with E-state index in [9.17, 15) is 4.79 Å². The monoisotopic (exact) mass is 144 g/mol. The first-order valence-corrected chi connectivity index (χ1v) is 3.39. The van der Waals surface area contributed by atoms with E-state index in [4.69, 9.17) is 10.2 Å². The van der Waals surface area contributed by atoms with Gasteiger partial charge in [-0.3, -0.25) is 4.79 Å². The first-order chi connectivity index (χ1) is 4.55. The van der Waals surface area contributed by atoms with E-state index >= 15 is 0 Å². The highest BCUT2D eigenvalue weighted by atomic mass is 16.4. The molecule has 1 aliphatic rings. The van der Waals surface area contributed by atoms with Gasteiger partial charge in [-0.25, -0.2) is 0 Å². The van der Waals surface area contributed by atoms with Crippen molar-refractivity contribution in [3.8, 4) is 0 Å². The van der Waals surface area contributed by atoms with Crippen molar-refractivity contribution in [2.75, 3.05) is 6.61 Å². The van der Waals surface area contributed by atoms with E-state index in [1.165, 1.54) is 0 Å². The van der Waals surface area contributed by atoms with Crippen LogP contribution >= 0.6 is 0 Å². The normalized spacial score (nSPS) is 45.1. The summed E-state index contributed by atoms with van der Waals surface area (Å²) in [6, 6.07) is 0. The van der Waals surface area contributed by atoms with Crippen LogP contribution in [-0.2, 0) is 4.79 Å². The summed E-state index contributed by atoms with van der Waals surface area (Å²) in [7, 11) is 0. The van der Waals surface area contributed by atoms with Crippen LogP contribution in [0.1, 0.15) is 13.8 Å². The highest BCUT2D eigenvalue weighted by molar-refractivity contribution is 5.78. The van der Waals surface area contributed by atoms with Gasteiger partial charge in [0.05, 0.1) is 5.41 Å². The lowest BCUT2D eigenvalue weighted by atomic mass is 10.1. The quantitative estimate of drug-likeness (QED) is 0.587. The second kappa shape index (κ2) is 1.95. The summed E-state index contributed by atoms with van der Waals surface area (Å²) in [4.78, 5) is 10.6. The minimum atomic E-state index is -0.793. The van der Waals surface area contributed by atoms with Crippen LogP contribution < -0.4 is 0 Å². The maximum atomic E-state index is 10.6. The van der Waals surface area contributed by atoms with Gasteiger partial charge >= 0.3 is 5.97 Å². The van der Waals surface area contributed by atoms with Crippen LogP contribution in [0.4, 0.5) is 0 Å². The molecule has 1 saturated carbocycles. The molecule has 3 heteroatoms. The maximum Gasteiger partial charge on any atom is 0.310 e. The van der Waals surface area contributed by atoms with Crippen LogP contribution in [0.5, 0.6) is 0 Å². The van der Waals surface area contributed by atoms with Gasteiger partial charge in [-0.15, -0.1) is 0 Å². The number of rotatable bonds is 2. The van der Waals surface area contributed by atoms with Gasteiger partial charge in [0.25, 0.3) is 0 Å². The van der Waals surface area contributed by atoms with Crippen molar-refractivity contribution < 1.29 is 15.0 Å². The van der Waals surface area contributed by atoms with Gasteiger partial charge < -0.3 is 10.2 Å². The van der Waals surface area contributed by atoms with Gasteiger partial charge in [0, 0.05) is 12.5 Å². The van der Waals surface area contributed by atoms with E-state index in [1.807, 2.05) is 6.92 Å². The lowest BCUT2D eigenvalue weighted by Crippen LogP contribution is -2.15. The van der Waals surface area contributed by atoms with Crippen molar-refractivity contribution >= 4 is 5.97 Å². The Balaban J connectivity index is 2.67. The highest BCUT2D eigenvalue weighted by Crippen LogP contribution is 2.57. The van der Waals surface area contributed by atoms with E-state index in [0.717, 1.165) is 0 Å². The summed E-state index contributed by atoms with van der Waals surface area (Å²) in [5.41, 5.74) is -0.658. The summed E-state index contributed by atoms with van der Waals surface area (Å²) in [5.74, 6) is -0.709. The third-order valence-corrected chi connectivity index (χ3v) is 2.87. The van der Waals surface area contributed by atoms with Crippen molar-refractivity contribution in [3.05, 3.63) is 0 Å². The molecule has 0 radical (unpaired) electrons. The van der Waals surface area contributed by atoms with E-state index < -0.39 is 11.4 Å². The molecule has 1 fully saturated rings. The molecule has 3 nitrogen and oxygen atoms in total. The van der Waals surface area contributed by atoms with Gasteiger partial charge in [0.1, 0.15) is 0 Å². The van der Waals surface area contributed by atoms with Crippen molar-refractivity contribution in [2.24, 2.45) is 17.3 Å². The Kier molecular flexibility index (Phi) is 1.47. The van der Waals surface area contributed by atoms with E-state index in [1.54, 1.807) is 6.92 Å². The van der Waals surface area contributed by atoms with Crippen LogP contribution in [0.3, 0.4) is 0 Å². The Hall–Kier alpha value is -0.570. The second-order valence-electron chi connectivity index (χ2n) is 3.17. The van der Waals surface area contributed by atoms with Crippen LogP contribution in [-0.4, -0.2) is 22.8 Å². The fraction of sp³-hybridized carbons (Fsp3) is 0.857. The Morgan fingerprint density at radius 2 is 2.20 bits per heavy atom. The molecule has 0 heterocycles.